The molecule has 43 heavy (non-hydrogen) atoms. The third-order valence-corrected chi connectivity index (χ3v) is 8.23. The fourth-order valence-corrected chi connectivity index (χ4v) is 5.66. The molecule has 0 aromatic heterocycles. The number of ketones is 1. The van der Waals surface area contributed by atoms with E-state index in [-0.39, 0.29) is 25.2 Å². The van der Waals surface area contributed by atoms with E-state index in [0.717, 1.165) is 30.4 Å². The largest absolute Gasteiger partial charge is 0.460 e. The Morgan fingerprint density at radius 3 is 2.19 bits per heavy atom. The molecule has 0 bridgehead atoms. The molecule has 3 unspecified atom stereocenters. The first kappa shape index (κ1) is 31.9. The minimum Gasteiger partial charge on any atom is -0.460 e. The van der Waals surface area contributed by atoms with E-state index in [1.54, 1.807) is 20.8 Å². The number of nitrogens with one attached hydrogen (secondary N) is 4. The van der Waals surface area contributed by atoms with Crippen LogP contribution in [0, 0.1) is 5.41 Å². The Morgan fingerprint density at radius 1 is 0.977 bits per heavy atom. The summed E-state index contributed by atoms with van der Waals surface area (Å²) in [5, 5.41) is 10.7. The highest BCUT2D eigenvalue weighted by Crippen LogP contribution is 2.27. The maximum Gasteiger partial charge on any atom is 0.325 e. The van der Waals surface area contributed by atoms with Gasteiger partial charge in [0, 0.05) is 25.4 Å². The molecule has 234 valence electrons. The summed E-state index contributed by atoms with van der Waals surface area (Å²) in [4.78, 5) is 77.6. The topological polar surface area (TPSA) is 189 Å². The number of esters is 1. The number of rotatable bonds is 11. The Kier molecular flexibility index (Phi) is 10.0. The van der Waals surface area contributed by atoms with Gasteiger partial charge in [0.1, 0.15) is 30.9 Å². The quantitative estimate of drug-likeness (QED) is 0.134. The molecule has 6 N–H and O–H groups in total. The van der Waals surface area contributed by atoms with E-state index in [9.17, 15) is 28.8 Å². The fourth-order valence-electron chi connectivity index (χ4n) is 5.66. The first-order valence-electron chi connectivity index (χ1n) is 14.8. The molecule has 2 aliphatic carbocycles. The molecule has 1 heterocycles. The van der Waals surface area contributed by atoms with Crippen LogP contribution < -0.4 is 27.0 Å². The summed E-state index contributed by atoms with van der Waals surface area (Å²) in [6.07, 6.45) is 3.12. The van der Waals surface area contributed by atoms with Gasteiger partial charge in [-0.15, -0.1) is 0 Å². The van der Waals surface area contributed by atoms with Gasteiger partial charge in [-0.2, -0.15) is 0 Å². The number of urea groups is 1. The maximum atomic E-state index is 13.7. The summed E-state index contributed by atoms with van der Waals surface area (Å²) in [5.74, 6) is -3.78. The van der Waals surface area contributed by atoms with Gasteiger partial charge in [0.2, 0.25) is 11.8 Å². The van der Waals surface area contributed by atoms with Crippen molar-refractivity contribution in [2.45, 2.75) is 96.1 Å². The highest BCUT2D eigenvalue weighted by molar-refractivity contribution is 6.37. The number of benzene rings is 1. The predicted octanol–water partition coefficient (Wildman–Crippen LogP) is 0.0407. The Labute approximate surface area is 251 Å². The van der Waals surface area contributed by atoms with Gasteiger partial charge in [-0.3, -0.25) is 29.3 Å². The zero-order valence-corrected chi connectivity index (χ0v) is 24.9. The lowest BCUT2D eigenvalue weighted by atomic mass is 9.85. The molecule has 1 saturated heterocycles. The summed E-state index contributed by atoms with van der Waals surface area (Å²) in [7, 11) is 0. The molecular formula is C30H42N6O7. The number of fused-ring (bicyclic) bond motifs is 1. The number of amides is 5. The smallest absolute Gasteiger partial charge is 0.325 e. The van der Waals surface area contributed by atoms with Crippen molar-refractivity contribution in [2.75, 3.05) is 13.1 Å². The van der Waals surface area contributed by atoms with Gasteiger partial charge in [0.15, 0.2) is 0 Å². The van der Waals surface area contributed by atoms with Crippen LogP contribution in [0.15, 0.2) is 24.3 Å². The molecule has 3 aliphatic rings. The molecule has 13 nitrogen and oxygen atoms in total. The molecule has 5 amide bonds. The van der Waals surface area contributed by atoms with Crippen LogP contribution in [0.3, 0.4) is 0 Å². The van der Waals surface area contributed by atoms with Crippen LogP contribution in [0.25, 0.3) is 0 Å². The number of primary amides is 1. The maximum absolute atomic E-state index is 13.7. The Hall–Kier alpha value is -4.00. The second kappa shape index (κ2) is 13.5. The van der Waals surface area contributed by atoms with E-state index in [0.29, 0.717) is 25.7 Å². The molecule has 0 spiro atoms. The van der Waals surface area contributed by atoms with Crippen molar-refractivity contribution in [2.24, 2.45) is 11.1 Å². The third kappa shape index (κ3) is 8.09. The van der Waals surface area contributed by atoms with Gasteiger partial charge >= 0.3 is 12.0 Å². The average molecular weight is 599 g/mol. The molecule has 1 saturated carbocycles. The minimum atomic E-state index is -1.28. The number of hydrogen-bond acceptors (Lipinski definition) is 8. The molecule has 1 aromatic rings. The summed E-state index contributed by atoms with van der Waals surface area (Å²) >= 11 is 0. The molecule has 4 rings (SSSR count). The van der Waals surface area contributed by atoms with Crippen LogP contribution in [0.1, 0.15) is 64.0 Å². The van der Waals surface area contributed by atoms with Crippen LogP contribution >= 0.6 is 0 Å². The van der Waals surface area contributed by atoms with Crippen molar-refractivity contribution < 1.29 is 33.5 Å². The lowest BCUT2D eigenvalue weighted by molar-refractivity contribution is -0.147. The summed E-state index contributed by atoms with van der Waals surface area (Å²) in [6.45, 7) is 5.22. The van der Waals surface area contributed by atoms with E-state index in [4.69, 9.17) is 10.5 Å². The normalized spacial score (nSPS) is 19.9. The predicted molar refractivity (Wildman–Crippen MR) is 155 cm³/mol. The number of likely N-dealkylation sites (tertiary alicyclic amines) is 1. The van der Waals surface area contributed by atoms with Crippen molar-refractivity contribution in [3.8, 4) is 0 Å². The van der Waals surface area contributed by atoms with Crippen LogP contribution in [0.5, 0.6) is 0 Å². The number of carbonyl (C=O) groups excluding carboxylic acids is 6. The monoisotopic (exact) mass is 598 g/mol. The van der Waals surface area contributed by atoms with Crippen molar-refractivity contribution in [1.29, 1.82) is 0 Å². The standard InChI is InChI=1S/C30H42N6O7/c1-30(2,3)24(34-29(42)32-16-22(37)43-20-14-17-8-4-5-9-18(17)15-20)28(41)36-13-7-12-21(36)27(40)35-26(23(38)25(31)39)33-19-10-6-11-19/h4-5,8-9,19-21,24,26,33H,6-7,10-16H2,1-3H3,(H2,31,39)(H,35,40)(H2,32,34,42). The lowest BCUT2D eigenvalue weighted by Crippen LogP contribution is -2.62. The second-order valence-electron chi connectivity index (χ2n) is 12.6. The van der Waals surface area contributed by atoms with Gasteiger partial charge in [-0.25, -0.2) is 4.79 Å². The zero-order valence-electron chi connectivity index (χ0n) is 24.9. The summed E-state index contributed by atoms with van der Waals surface area (Å²) < 4.78 is 5.52. The van der Waals surface area contributed by atoms with Crippen LogP contribution in [-0.4, -0.2) is 83.9 Å². The van der Waals surface area contributed by atoms with Gasteiger partial charge in [0.05, 0.1) is 0 Å². The van der Waals surface area contributed by atoms with Crippen LogP contribution in [0.4, 0.5) is 4.79 Å². The van der Waals surface area contributed by atoms with Gasteiger partial charge in [-0.1, -0.05) is 51.5 Å². The number of nitrogens with zero attached hydrogens (tertiary/aromatic N) is 1. The minimum absolute atomic E-state index is 0.0188. The van der Waals surface area contributed by atoms with Gasteiger partial charge in [0.25, 0.3) is 11.7 Å². The van der Waals surface area contributed by atoms with E-state index in [2.05, 4.69) is 21.3 Å². The summed E-state index contributed by atoms with van der Waals surface area (Å²) in [5.41, 5.74) is 6.72. The lowest BCUT2D eigenvalue weighted by Gasteiger charge is -2.36. The zero-order chi connectivity index (χ0) is 31.3. The molecule has 2 fully saturated rings. The molecular weight excluding hydrogens is 556 g/mol. The van der Waals surface area contributed by atoms with Crippen molar-refractivity contribution in [3.63, 3.8) is 0 Å². The number of carbonyl (C=O) groups is 6. The first-order chi connectivity index (χ1) is 20.3. The Balaban J connectivity index is 1.32. The van der Waals surface area contributed by atoms with Gasteiger partial charge in [-0.05, 0) is 42.2 Å². The number of ether oxygens (including phenoxy) is 1. The van der Waals surface area contributed by atoms with Gasteiger partial charge < -0.3 is 31.3 Å². The summed E-state index contributed by atoms with van der Waals surface area (Å²) in [6, 6.07) is 5.20. The van der Waals surface area contributed by atoms with Crippen LogP contribution in [0.2, 0.25) is 0 Å². The SMILES string of the molecule is CC(C)(C)C(NC(=O)NCC(=O)OC1Cc2ccccc2C1)C(=O)N1CCCC1C(=O)NC(NC1CCC1)C(=O)C(N)=O. The molecule has 3 atom stereocenters. The number of Topliss-reactive ketones (excluding diaryl/α,β-unsaturated/α-hetero) is 1. The average Bonchev–Trinajstić information content (AvgIpc) is 3.57. The number of hydrogen-bond donors (Lipinski definition) is 5. The molecule has 13 heteroatoms. The van der Waals surface area contributed by atoms with E-state index in [1.807, 2.05) is 24.3 Å². The fraction of sp³-hybridized carbons (Fsp3) is 0.600. The van der Waals surface area contributed by atoms with Crippen molar-refractivity contribution in [3.05, 3.63) is 35.4 Å². The van der Waals surface area contributed by atoms with Crippen LogP contribution in [-0.2, 0) is 41.6 Å². The number of nitrogens with two attached hydrogens (primary N) is 1. The molecule has 0 radical (unpaired) electrons. The van der Waals surface area contributed by atoms with E-state index in [1.165, 1.54) is 4.90 Å². The molecule has 1 aromatic carbocycles. The Morgan fingerprint density at radius 2 is 1.63 bits per heavy atom. The van der Waals surface area contributed by atoms with Crippen molar-refractivity contribution in [1.82, 2.24) is 26.2 Å². The molecule has 1 aliphatic heterocycles. The van der Waals surface area contributed by atoms with Crippen molar-refractivity contribution >= 4 is 35.5 Å². The first-order valence-corrected chi connectivity index (χ1v) is 14.8. The van der Waals surface area contributed by atoms with E-state index < -0.39 is 59.2 Å². The second-order valence-corrected chi connectivity index (χ2v) is 12.6. The Bertz CT molecular complexity index is 1230. The third-order valence-electron chi connectivity index (χ3n) is 8.23. The highest BCUT2D eigenvalue weighted by atomic mass is 16.5. The van der Waals surface area contributed by atoms with E-state index >= 15 is 0 Å². The highest BCUT2D eigenvalue weighted by Gasteiger charge is 2.43.